The molecule has 3 heterocycles. The van der Waals surface area contributed by atoms with E-state index in [9.17, 15) is 4.79 Å². The van der Waals surface area contributed by atoms with Crippen LogP contribution in [0.1, 0.15) is 26.5 Å². The Morgan fingerprint density at radius 3 is 2.59 bits per heavy atom. The Morgan fingerprint density at radius 1 is 1.17 bits per heavy atom. The Hall–Kier alpha value is -2.64. The Bertz CT molecular complexity index is 1170. The molecule has 0 aliphatic rings. The van der Waals surface area contributed by atoms with Gasteiger partial charge in [0.25, 0.3) is 5.91 Å². The molecule has 4 aromatic rings. The van der Waals surface area contributed by atoms with Gasteiger partial charge in [-0.05, 0) is 55.5 Å². The van der Waals surface area contributed by atoms with E-state index in [1.54, 1.807) is 22.9 Å². The summed E-state index contributed by atoms with van der Waals surface area (Å²) in [5.41, 5.74) is 2.89. The number of hydrogen-bond acceptors (Lipinski definition) is 6. The van der Waals surface area contributed by atoms with E-state index in [4.69, 9.17) is 4.42 Å². The number of rotatable bonds is 5. The molecule has 29 heavy (non-hydrogen) atoms. The molecule has 1 aromatic carbocycles. The molecule has 1 amide bonds. The van der Waals surface area contributed by atoms with Gasteiger partial charge in [0.15, 0.2) is 11.6 Å². The summed E-state index contributed by atoms with van der Waals surface area (Å²) in [6, 6.07) is 11.9. The van der Waals surface area contributed by atoms with Gasteiger partial charge in [-0.15, -0.1) is 23.1 Å². The lowest BCUT2D eigenvalue weighted by Crippen LogP contribution is -2.25. The van der Waals surface area contributed by atoms with Gasteiger partial charge in [-0.3, -0.25) is 4.79 Å². The fraction of sp³-hybridized carbons (Fsp3) is 0.227. The molecule has 0 fully saturated rings. The van der Waals surface area contributed by atoms with E-state index in [2.05, 4.69) is 40.5 Å². The van der Waals surface area contributed by atoms with E-state index >= 15 is 0 Å². The number of aromatic nitrogens is 2. The summed E-state index contributed by atoms with van der Waals surface area (Å²) in [6.07, 6.45) is 3.66. The van der Waals surface area contributed by atoms with Gasteiger partial charge < -0.3 is 9.32 Å². The molecule has 0 aliphatic carbocycles. The standard InChI is InChI=1S/C22H21N3O2S2/c1-13-18-14(2)23-20(17-6-5-11-27-17)24-21(18)29-19(13)22(26)25(3)12-15-7-9-16(28-4)10-8-15/h5-11H,12H2,1-4H3. The Balaban J connectivity index is 1.64. The van der Waals surface area contributed by atoms with Gasteiger partial charge in [0, 0.05) is 23.9 Å². The van der Waals surface area contributed by atoms with Gasteiger partial charge in [-0.2, -0.15) is 0 Å². The Kier molecular flexibility index (Phi) is 5.43. The molecule has 7 heteroatoms. The third-order valence-electron chi connectivity index (χ3n) is 4.83. The number of aryl methyl sites for hydroxylation is 2. The number of carbonyl (C=O) groups is 1. The molecule has 3 aromatic heterocycles. The lowest BCUT2D eigenvalue weighted by atomic mass is 10.1. The minimum atomic E-state index is -0.00149. The number of hydrogen-bond donors (Lipinski definition) is 0. The predicted octanol–water partition coefficient (Wildman–Crippen LogP) is 5.56. The van der Waals surface area contributed by atoms with Crippen molar-refractivity contribution in [1.29, 1.82) is 0 Å². The summed E-state index contributed by atoms with van der Waals surface area (Å²) in [5.74, 6) is 1.17. The zero-order valence-electron chi connectivity index (χ0n) is 16.7. The predicted molar refractivity (Wildman–Crippen MR) is 119 cm³/mol. The van der Waals surface area contributed by atoms with Crippen molar-refractivity contribution >= 4 is 39.2 Å². The summed E-state index contributed by atoms with van der Waals surface area (Å²) < 4.78 is 5.43. The number of thioether (sulfide) groups is 1. The maximum absolute atomic E-state index is 13.2. The first kappa shape index (κ1) is 19.7. The Labute approximate surface area is 177 Å². The molecule has 0 saturated heterocycles. The first-order valence-electron chi connectivity index (χ1n) is 9.18. The topological polar surface area (TPSA) is 59.2 Å². The van der Waals surface area contributed by atoms with E-state index in [1.807, 2.05) is 33.0 Å². The molecule has 0 bridgehead atoms. The quantitative estimate of drug-likeness (QED) is 0.393. The lowest BCUT2D eigenvalue weighted by molar-refractivity contribution is 0.0789. The van der Waals surface area contributed by atoms with Gasteiger partial charge in [0.2, 0.25) is 0 Å². The largest absolute Gasteiger partial charge is 0.461 e. The van der Waals surface area contributed by atoms with E-state index in [-0.39, 0.29) is 5.91 Å². The van der Waals surface area contributed by atoms with Crippen molar-refractivity contribution in [2.75, 3.05) is 13.3 Å². The SMILES string of the molecule is CSc1ccc(CN(C)C(=O)c2sc3nc(-c4ccco4)nc(C)c3c2C)cc1. The average molecular weight is 424 g/mol. The van der Waals surface area contributed by atoms with Crippen molar-refractivity contribution in [3.63, 3.8) is 0 Å². The van der Waals surface area contributed by atoms with Crippen molar-refractivity contribution < 1.29 is 9.21 Å². The van der Waals surface area contributed by atoms with Gasteiger partial charge in [0.1, 0.15) is 4.83 Å². The van der Waals surface area contributed by atoms with Crippen LogP contribution in [0, 0.1) is 13.8 Å². The number of thiophene rings is 1. The summed E-state index contributed by atoms with van der Waals surface area (Å²) in [5, 5.41) is 0.950. The van der Waals surface area contributed by atoms with Crippen LogP contribution in [0.4, 0.5) is 0 Å². The molecule has 5 nitrogen and oxygen atoms in total. The van der Waals surface area contributed by atoms with Crippen LogP contribution in [0.3, 0.4) is 0 Å². The molecule has 0 saturated carbocycles. The summed E-state index contributed by atoms with van der Waals surface area (Å²) in [6.45, 7) is 4.47. The second-order valence-electron chi connectivity index (χ2n) is 6.86. The molecular weight excluding hydrogens is 402 g/mol. The van der Waals surface area contributed by atoms with Gasteiger partial charge in [-0.1, -0.05) is 12.1 Å². The van der Waals surface area contributed by atoms with Crippen LogP contribution in [0.15, 0.2) is 52.0 Å². The summed E-state index contributed by atoms with van der Waals surface area (Å²) in [7, 11) is 1.83. The molecule has 4 rings (SSSR count). The molecule has 0 unspecified atom stereocenters. The number of fused-ring (bicyclic) bond motifs is 1. The third-order valence-corrected chi connectivity index (χ3v) is 6.75. The number of furan rings is 1. The van der Waals surface area contributed by atoms with E-state index in [1.165, 1.54) is 16.2 Å². The first-order valence-corrected chi connectivity index (χ1v) is 11.2. The molecule has 0 aliphatic heterocycles. The zero-order chi connectivity index (χ0) is 20.5. The molecule has 0 N–H and O–H groups in total. The number of nitrogens with zero attached hydrogens (tertiary/aromatic N) is 3. The molecule has 148 valence electrons. The van der Waals surface area contributed by atoms with Gasteiger partial charge in [-0.25, -0.2) is 9.97 Å². The normalized spacial score (nSPS) is 11.2. The monoisotopic (exact) mass is 423 g/mol. The first-order chi connectivity index (χ1) is 14.0. The van der Waals surface area contributed by atoms with Crippen LogP contribution in [-0.4, -0.2) is 34.1 Å². The van der Waals surface area contributed by atoms with E-state index in [0.717, 1.165) is 27.0 Å². The van der Waals surface area contributed by atoms with Crippen molar-refractivity contribution in [3.8, 4) is 11.6 Å². The maximum Gasteiger partial charge on any atom is 0.264 e. The number of carbonyl (C=O) groups excluding carboxylic acids is 1. The fourth-order valence-corrected chi connectivity index (χ4v) is 4.94. The second-order valence-corrected chi connectivity index (χ2v) is 8.73. The van der Waals surface area contributed by atoms with Crippen molar-refractivity contribution in [2.24, 2.45) is 0 Å². The van der Waals surface area contributed by atoms with Crippen LogP contribution in [0.25, 0.3) is 21.8 Å². The zero-order valence-corrected chi connectivity index (χ0v) is 18.4. The third kappa shape index (κ3) is 3.80. The lowest BCUT2D eigenvalue weighted by Gasteiger charge is -2.17. The molecular formula is C22H21N3O2S2. The van der Waals surface area contributed by atoms with Crippen molar-refractivity contribution in [1.82, 2.24) is 14.9 Å². The van der Waals surface area contributed by atoms with Crippen molar-refractivity contribution in [2.45, 2.75) is 25.3 Å². The second kappa shape index (κ2) is 8.00. The summed E-state index contributed by atoms with van der Waals surface area (Å²) >= 11 is 3.12. The minimum Gasteiger partial charge on any atom is -0.461 e. The fourth-order valence-electron chi connectivity index (χ4n) is 3.31. The van der Waals surface area contributed by atoms with Gasteiger partial charge >= 0.3 is 0 Å². The smallest absolute Gasteiger partial charge is 0.264 e. The minimum absolute atomic E-state index is 0.00149. The van der Waals surface area contributed by atoms with Crippen LogP contribution >= 0.6 is 23.1 Å². The number of benzene rings is 1. The van der Waals surface area contributed by atoms with E-state index < -0.39 is 0 Å². The molecule has 0 radical (unpaired) electrons. The highest BCUT2D eigenvalue weighted by Gasteiger charge is 2.22. The van der Waals surface area contributed by atoms with Crippen LogP contribution < -0.4 is 0 Å². The van der Waals surface area contributed by atoms with E-state index in [0.29, 0.717) is 23.0 Å². The molecule has 0 spiro atoms. The Morgan fingerprint density at radius 2 is 1.93 bits per heavy atom. The van der Waals surface area contributed by atoms with Crippen LogP contribution in [0.2, 0.25) is 0 Å². The van der Waals surface area contributed by atoms with Crippen molar-refractivity contribution in [3.05, 3.63) is 64.4 Å². The van der Waals surface area contributed by atoms with Gasteiger partial charge in [0.05, 0.1) is 16.8 Å². The highest BCUT2D eigenvalue weighted by molar-refractivity contribution is 7.98. The summed E-state index contributed by atoms with van der Waals surface area (Å²) in [4.78, 5) is 26.9. The molecule has 0 atom stereocenters. The van der Waals surface area contributed by atoms with Crippen LogP contribution in [0.5, 0.6) is 0 Å². The maximum atomic E-state index is 13.2. The highest BCUT2D eigenvalue weighted by atomic mass is 32.2. The highest BCUT2D eigenvalue weighted by Crippen LogP contribution is 2.33. The number of amides is 1. The average Bonchev–Trinajstić information content (AvgIpc) is 3.36. The van der Waals surface area contributed by atoms with Crippen LogP contribution in [-0.2, 0) is 6.54 Å².